The summed E-state index contributed by atoms with van der Waals surface area (Å²) in [5.41, 5.74) is 4.42. The van der Waals surface area contributed by atoms with Gasteiger partial charge in [-0.3, -0.25) is 0 Å². The zero-order chi connectivity index (χ0) is 8.84. The van der Waals surface area contributed by atoms with Crippen LogP contribution in [0.3, 0.4) is 0 Å². The van der Waals surface area contributed by atoms with Crippen molar-refractivity contribution in [2.75, 3.05) is 0 Å². The van der Waals surface area contributed by atoms with Crippen LogP contribution in [0.25, 0.3) is 11.0 Å². The summed E-state index contributed by atoms with van der Waals surface area (Å²) in [6.07, 6.45) is 0. The molecule has 1 aliphatic rings. The average Bonchev–Trinajstić information content (AvgIpc) is 2.71. The smallest absolute Gasteiger partial charge is 0.0533 e. The van der Waals surface area contributed by atoms with Gasteiger partial charge in [0.05, 0.1) is 23.1 Å². The van der Waals surface area contributed by atoms with Gasteiger partial charge in [-0.25, -0.2) is 17.5 Å². The molecule has 0 unspecified atom stereocenters. The summed E-state index contributed by atoms with van der Waals surface area (Å²) in [6, 6.07) is 3.08. The third kappa shape index (κ3) is 1.41. The van der Waals surface area contributed by atoms with Crippen molar-refractivity contribution in [1.82, 2.24) is 8.75 Å². The fraction of sp³-hybridized carbons (Fsp3) is 0.143. The van der Waals surface area contributed by atoms with Crippen LogP contribution in [-0.2, 0) is 44.1 Å². The van der Waals surface area contributed by atoms with Crippen molar-refractivity contribution in [1.29, 1.82) is 0 Å². The third-order valence-corrected chi connectivity index (χ3v) is 2.98. The van der Waals surface area contributed by atoms with Crippen LogP contribution in [0.4, 0.5) is 11.4 Å². The molecule has 0 saturated heterocycles. The van der Waals surface area contributed by atoms with Gasteiger partial charge in [0.15, 0.2) is 0 Å². The minimum absolute atomic E-state index is 0. The fourth-order valence-electron chi connectivity index (χ4n) is 1.26. The standard InChI is InChI=1S/C7H3N4S2.Y/c1-3-6-4(8-12-10-6)2-5-7(3)11-13-9-5;/h1H3;/q-1;. The van der Waals surface area contributed by atoms with E-state index in [4.69, 9.17) is 0 Å². The number of rotatable bonds is 0. The first-order valence-corrected chi connectivity index (χ1v) is 5.09. The molecule has 7 heteroatoms. The summed E-state index contributed by atoms with van der Waals surface area (Å²) in [6.45, 7) is 1.99. The number of benzene rings is 1. The average molecular weight is 296 g/mol. The number of aryl methyl sites for hydroxylation is 1. The van der Waals surface area contributed by atoms with Crippen molar-refractivity contribution >= 4 is 45.5 Å². The van der Waals surface area contributed by atoms with E-state index in [1.54, 1.807) is 0 Å². The van der Waals surface area contributed by atoms with Crippen LogP contribution in [0.15, 0.2) is 8.73 Å². The Balaban J connectivity index is 0.000000750. The number of hydrogen-bond acceptors (Lipinski definition) is 5. The van der Waals surface area contributed by atoms with E-state index in [0.717, 1.165) is 28.0 Å². The molecule has 0 atom stereocenters. The summed E-state index contributed by atoms with van der Waals surface area (Å²) in [5.74, 6) is 0. The maximum Gasteiger partial charge on any atom is 0.0533 e. The number of fused-ring (bicyclic) bond motifs is 2. The Morgan fingerprint density at radius 2 is 2.07 bits per heavy atom. The molecule has 1 radical (unpaired) electrons. The van der Waals surface area contributed by atoms with Crippen molar-refractivity contribution in [2.45, 2.75) is 6.92 Å². The molecule has 2 aromatic rings. The van der Waals surface area contributed by atoms with Gasteiger partial charge in [-0.05, 0) is 22.4 Å². The van der Waals surface area contributed by atoms with Gasteiger partial charge >= 0.3 is 0 Å². The van der Waals surface area contributed by atoms with Gasteiger partial charge in [-0.1, -0.05) is 6.92 Å². The van der Waals surface area contributed by atoms with Crippen molar-refractivity contribution in [3.05, 3.63) is 11.6 Å². The molecule has 67 valence electrons. The van der Waals surface area contributed by atoms with E-state index >= 15 is 0 Å². The normalized spacial score (nSPS) is 12.4. The van der Waals surface area contributed by atoms with E-state index < -0.39 is 0 Å². The van der Waals surface area contributed by atoms with Crippen LogP contribution < -0.4 is 0 Å². The monoisotopic (exact) mass is 296 g/mol. The molecule has 3 rings (SSSR count). The minimum atomic E-state index is 0. The molecule has 0 amide bonds. The number of hydrogen-bond donors (Lipinski definition) is 0. The van der Waals surface area contributed by atoms with E-state index in [0.29, 0.717) is 0 Å². The van der Waals surface area contributed by atoms with Gasteiger partial charge < -0.3 is 0 Å². The topological polar surface area (TPSA) is 50.5 Å². The van der Waals surface area contributed by atoms with E-state index in [9.17, 15) is 0 Å². The van der Waals surface area contributed by atoms with Gasteiger partial charge in [-0.15, -0.1) is 11.6 Å². The summed E-state index contributed by atoms with van der Waals surface area (Å²) in [7, 11) is 0. The van der Waals surface area contributed by atoms with Crippen molar-refractivity contribution in [3.8, 4) is 0 Å². The Morgan fingerprint density at radius 1 is 1.21 bits per heavy atom. The molecule has 1 aliphatic heterocycles. The summed E-state index contributed by atoms with van der Waals surface area (Å²) in [4.78, 5) is 0. The van der Waals surface area contributed by atoms with Gasteiger partial charge in [-0.2, -0.15) is 0 Å². The maximum absolute atomic E-state index is 4.18. The molecule has 0 spiro atoms. The van der Waals surface area contributed by atoms with Crippen molar-refractivity contribution in [2.24, 2.45) is 8.73 Å². The number of aromatic nitrogens is 2. The zero-order valence-corrected chi connectivity index (χ0v) is 11.7. The van der Waals surface area contributed by atoms with Crippen molar-refractivity contribution in [3.63, 3.8) is 0 Å². The molecular weight excluding hydrogens is 293 g/mol. The van der Waals surface area contributed by atoms with Gasteiger partial charge in [0, 0.05) is 32.7 Å². The quantitative estimate of drug-likeness (QED) is 0.599. The van der Waals surface area contributed by atoms with Crippen LogP contribution in [0, 0.1) is 13.0 Å². The largest absolute Gasteiger partial charge is 0.240 e. The summed E-state index contributed by atoms with van der Waals surface area (Å²) < 4.78 is 16.6. The first-order valence-electron chi connectivity index (χ1n) is 3.62. The maximum atomic E-state index is 4.18. The fourth-order valence-corrected chi connectivity index (χ4v) is 2.38. The predicted octanol–water partition coefficient (Wildman–Crippen LogP) is 2.52. The molecule has 2 heterocycles. The SMILES string of the molecule is Cc1c2c([c-]c3nsnc13)N=S=N2.[Y]. The molecule has 0 fully saturated rings. The Hall–Kier alpha value is -0.0361. The van der Waals surface area contributed by atoms with Crippen LogP contribution in [0.2, 0.25) is 0 Å². The molecule has 1 aromatic heterocycles. The molecule has 14 heavy (non-hydrogen) atoms. The van der Waals surface area contributed by atoms with Gasteiger partial charge in [0.25, 0.3) is 0 Å². The van der Waals surface area contributed by atoms with E-state index in [2.05, 4.69) is 23.5 Å². The molecule has 4 nitrogen and oxygen atoms in total. The summed E-state index contributed by atoms with van der Waals surface area (Å²) >= 11 is 2.40. The Morgan fingerprint density at radius 3 is 2.93 bits per heavy atom. The molecular formula is C7H3N4S2Y-. The molecule has 0 bridgehead atoms. The molecule has 0 aliphatic carbocycles. The third-order valence-electron chi connectivity index (χ3n) is 1.92. The first kappa shape index (κ1) is 10.5. The molecule has 1 aromatic carbocycles. The minimum Gasteiger partial charge on any atom is -0.240 e. The first-order chi connectivity index (χ1) is 6.36. The van der Waals surface area contributed by atoms with E-state index in [1.807, 2.05) is 6.92 Å². The second kappa shape index (κ2) is 3.85. The van der Waals surface area contributed by atoms with Crippen LogP contribution >= 0.6 is 11.7 Å². The Kier molecular flexibility index (Phi) is 2.88. The van der Waals surface area contributed by atoms with Crippen molar-refractivity contribution < 1.29 is 32.7 Å². The second-order valence-electron chi connectivity index (χ2n) is 2.67. The van der Waals surface area contributed by atoms with Gasteiger partial charge in [0.2, 0.25) is 0 Å². The number of nitrogens with zero attached hydrogens (tertiary/aromatic N) is 4. The van der Waals surface area contributed by atoms with Crippen LogP contribution in [0.5, 0.6) is 0 Å². The molecule has 0 saturated carbocycles. The second-order valence-corrected chi connectivity index (χ2v) is 3.73. The van der Waals surface area contributed by atoms with Gasteiger partial charge in [0.1, 0.15) is 0 Å². The molecule has 0 N–H and O–H groups in total. The Labute approximate surface area is 113 Å². The Bertz CT molecular complexity index is 570. The predicted molar refractivity (Wildman–Crippen MR) is 52.5 cm³/mol. The van der Waals surface area contributed by atoms with E-state index in [-0.39, 0.29) is 32.7 Å². The van der Waals surface area contributed by atoms with Crippen LogP contribution in [0.1, 0.15) is 5.56 Å². The van der Waals surface area contributed by atoms with E-state index in [1.165, 1.54) is 23.1 Å². The summed E-state index contributed by atoms with van der Waals surface area (Å²) in [5, 5.41) is 0. The van der Waals surface area contributed by atoms with Crippen LogP contribution in [-0.4, -0.2) is 8.75 Å². The zero-order valence-electron chi connectivity index (χ0n) is 7.18.